The molecule has 2 aromatic rings. The number of hydrogen-bond donors (Lipinski definition) is 1. The molecular weight excluding hydrogens is 210 g/mol. The molecule has 1 unspecified atom stereocenters. The summed E-state index contributed by atoms with van der Waals surface area (Å²) >= 11 is 0. The Balaban J connectivity index is 2.22. The highest BCUT2D eigenvalue weighted by Gasteiger charge is 2.09. The number of benzene rings is 1. The maximum Gasteiger partial charge on any atom is 0.0662 e. The van der Waals surface area contributed by atoms with Gasteiger partial charge in [0.25, 0.3) is 0 Å². The monoisotopic (exact) mass is 229 g/mol. The lowest BCUT2D eigenvalue weighted by atomic mass is 10.1. The molecule has 0 spiro atoms. The molecule has 0 amide bonds. The van der Waals surface area contributed by atoms with Crippen molar-refractivity contribution in [2.24, 2.45) is 5.73 Å². The molecule has 0 bridgehead atoms. The van der Waals surface area contributed by atoms with Crippen molar-refractivity contribution in [1.82, 2.24) is 9.78 Å². The highest BCUT2D eigenvalue weighted by atomic mass is 15.3. The van der Waals surface area contributed by atoms with Gasteiger partial charge in [-0.05, 0) is 26.3 Å². The average Bonchev–Trinajstić information content (AvgIpc) is 2.64. The molecule has 90 valence electrons. The van der Waals surface area contributed by atoms with Crippen LogP contribution in [-0.2, 0) is 6.54 Å². The van der Waals surface area contributed by atoms with Crippen LogP contribution in [0.1, 0.15) is 35.3 Å². The van der Waals surface area contributed by atoms with E-state index < -0.39 is 0 Å². The Kier molecular flexibility index (Phi) is 3.29. The summed E-state index contributed by atoms with van der Waals surface area (Å²) < 4.78 is 2.00. The lowest BCUT2D eigenvalue weighted by Gasteiger charge is -2.07. The van der Waals surface area contributed by atoms with Crippen LogP contribution in [0.5, 0.6) is 0 Å². The first kappa shape index (κ1) is 11.9. The standard InChI is InChI=1S/C14H19N3/c1-10-4-6-13(7-5-10)9-17-12(3)14(8-16-17)11(2)15/h4-8,11H,9,15H2,1-3H3. The molecule has 0 aliphatic rings. The Morgan fingerprint density at radius 3 is 2.41 bits per heavy atom. The summed E-state index contributed by atoms with van der Waals surface area (Å²) in [6.07, 6.45) is 1.87. The minimum Gasteiger partial charge on any atom is -0.324 e. The van der Waals surface area contributed by atoms with Gasteiger partial charge in [-0.25, -0.2) is 0 Å². The Morgan fingerprint density at radius 2 is 1.88 bits per heavy atom. The molecule has 1 aromatic heterocycles. The van der Waals surface area contributed by atoms with Crippen molar-refractivity contribution in [1.29, 1.82) is 0 Å². The van der Waals surface area contributed by atoms with Gasteiger partial charge in [-0.3, -0.25) is 4.68 Å². The van der Waals surface area contributed by atoms with Crippen LogP contribution in [0.2, 0.25) is 0 Å². The molecule has 1 aromatic carbocycles. The van der Waals surface area contributed by atoms with Crippen LogP contribution >= 0.6 is 0 Å². The largest absolute Gasteiger partial charge is 0.324 e. The van der Waals surface area contributed by atoms with Gasteiger partial charge < -0.3 is 5.73 Å². The van der Waals surface area contributed by atoms with E-state index in [4.69, 9.17) is 5.73 Å². The highest BCUT2D eigenvalue weighted by Crippen LogP contribution is 2.15. The number of rotatable bonds is 3. The van der Waals surface area contributed by atoms with E-state index >= 15 is 0 Å². The summed E-state index contributed by atoms with van der Waals surface area (Å²) in [7, 11) is 0. The summed E-state index contributed by atoms with van der Waals surface area (Å²) in [5.41, 5.74) is 10.7. The summed E-state index contributed by atoms with van der Waals surface area (Å²) in [5, 5.41) is 4.39. The number of aromatic nitrogens is 2. The number of nitrogens with two attached hydrogens (primary N) is 1. The van der Waals surface area contributed by atoms with Crippen molar-refractivity contribution in [2.75, 3.05) is 0 Å². The third-order valence-corrected chi connectivity index (χ3v) is 3.08. The van der Waals surface area contributed by atoms with Gasteiger partial charge in [0.15, 0.2) is 0 Å². The maximum atomic E-state index is 5.89. The van der Waals surface area contributed by atoms with Crippen molar-refractivity contribution >= 4 is 0 Å². The van der Waals surface area contributed by atoms with Gasteiger partial charge >= 0.3 is 0 Å². The molecule has 17 heavy (non-hydrogen) atoms. The Hall–Kier alpha value is -1.61. The lowest BCUT2D eigenvalue weighted by Crippen LogP contribution is -2.08. The predicted molar refractivity (Wildman–Crippen MR) is 69.8 cm³/mol. The van der Waals surface area contributed by atoms with Crippen LogP contribution in [0.3, 0.4) is 0 Å². The molecule has 1 heterocycles. The normalized spacial score (nSPS) is 12.7. The van der Waals surface area contributed by atoms with E-state index in [0.29, 0.717) is 0 Å². The summed E-state index contributed by atoms with van der Waals surface area (Å²) in [6.45, 7) is 6.95. The van der Waals surface area contributed by atoms with Crippen LogP contribution < -0.4 is 5.73 Å². The van der Waals surface area contributed by atoms with Crippen LogP contribution in [0, 0.1) is 13.8 Å². The molecule has 0 fully saturated rings. The fraction of sp³-hybridized carbons (Fsp3) is 0.357. The molecule has 2 rings (SSSR count). The minimum atomic E-state index is 0.0433. The molecule has 3 nitrogen and oxygen atoms in total. The van der Waals surface area contributed by atoms with Crippen molar-refractivity contribution in [3.05, 3.63) is 52.8 Å². The summed E-state index contributed by atoms with van der Waals surface area (Å²) in [4.78, 5) is 0. The van der Waals surface area contributed by atoms with Crippen LogP contribution in [0.25, 0.3) is 0 Å². The first-order chi connectivity index (χ1) is 8.08. The molecule has 0 saturated carbocycles. The predicted octanol–water partition coefficient (Wildman–Crippen LogP) is 2.57. The topological polar surface area (TPSA) is 43.8 Å². The quantitative estimate of drug-likeness (QED) is 0.879. The van der Waals surface area contributed by atoms with E-state index in [1.807, 2.05) is 17.8 Å². The van der Waals surface area contributed by atoms with E-state index in [0.717, 1.165) is 17.8 Å². The molecule has 0 aliphatic heterocycles. The van der Waals surface area contributed by atoms with E-state index in [1.54, 1.807) is 0 Å². The SMILES string of the molecule is Cc1ccc(Cn2ncc(C(C)N)c2C)cc1. The van der Waals surface area contributed by atoms with Gasteiger partial charge in [0.05, 0.1) is 12.7 Å². The average molecular weight is 229 g/mol. The maximum absolute atomic E-state index is 5.89. The summed E-state index contributed by atoms with van der Waals surface area (Å²) in [5.74, 6) is 0. The summed E-state index contributed by atoms with van der Waals surface area (Å²) in [6, 6.07) is 8.58. The van der Waals surface area contributed by atoms with Crippen molar-refractivity contribution in [3.63, 3.8) is 0 Å². The molecule has 1 atom stereocenters. The van der Waals surface area contributed by atoms with Gasteiger partial charge in [-0.2, -0.15) is 5.10 Å². The second-order valence-electron chi connectivity index (χ2n) is 4.62. The molecule has 0 aliphatic carbocycles. The van der Waals surface area contributed by atoms with E-state index in [-0.39, 0.29) is 6.04 Å². The minimum absolute atomic E-state index is 0.0433. The Labute approximate surface area is 102 Å². The molecule has 3 heteroatoms. The fourth-order valence-corrected chi connectivity index (χ4v) is 1.93. The zero-order valence-corrected chi connectivity index (χ0v) is 10.6. The molecular formula is C14H19N3. The first-order valence-corrected chi connectivity index (χ1v) is 5.91. The Bertz CT molecular complexity index is 495. The lowest BCUT2D eigenvalue weighted by molar-refractivity contribution is 0.660. The zero-order chi connectivity index (χ0) is 12.4. The smallest absolute Gasteiger partial charge is 0.0662 e. The molecule has 0 radical (unpaired) electrons. The second-order valence-corrected chi connectivity index (χ2v) is 4.62. The molecule has 2 N–H and O–H groups in total. The molecule has 0 saturated heterocycles. The first-order valence-electron chi connectivity index (χ1n) is 5.91. The van der Waals surface area contributed by atoms with E-state index in [2.05, 4.69) is 43.2 Å². The zero-order valence-electron chi connectivity index (χ0n) is 10.6. The Morgan fingerprint density at radius 1 is 1.24 bits per heavy atom. The number of nitrogens with zero attached hydrogens (tertiary/aromatic N) is 2. The number of hydrogen-bond acceptors (Lipinski definition) is 2. The van der Waals surface area contributed by atoms with Crippen LogP contribution in [-0.4, -0.2) is 9.78 Å². The van der Waals surface area contributed by atoms with Crippen molar-refractivity contribution in [3.8, 4) is 0 Å². The van der Waals surface area contributed by atoms with Gasteiger partial charge in [-0.15, -0.1) is 0 Å². The van der Waals surface area contributed by atoms with Crippen LogP contribution in [0.15, 0.2) is 30.5 Å². The second kappa shape index (κ2) is 4.72. The van der Waals surface area contributed by atoms with E-state index in [9.17, 15) is 0 Å². The van der Waals surface area contributed by atoms with Gasteiger partial charge in [-0.1, -0.05) is 29.8 Å². The third-order valence-electron chi connectivity index (χ3n) is 3.08. The van der Waals surface area contributed by atoms with E-state index in [1.165, 1.54) is 11.1 Å². The fourth-order valence-electron chi connectivity index (χ4n) is 1.93. The van der Waals surface area contributed by atoms with Gasteiger partial charge in [0.2, 0.25) is 0 Å². The van der Waals surface area contributed by atoms with Crippen molar-refractivity contribution in [2.45, 2.75) is 33.4 Å². The highest BCUT2D eigenvalue weighted by molar-refractivity contribution is 5.24. The van der Waals surface area contributed by atoms with Gasteiger partial charge in [0, 0.05) is 17.3 Å². The third kappa shape index (κ3) is 2.56. The number of aryl methyl sites for hydroxylation is 1. The van der Waals surface area contributed by atoms with Crippen molar-refractivity contribution < 1.29 is 0 Å². The van der Waals surface area contributed by atoms with Crippen LogP contribution in [0.4, 0.5) is 0 Å². The van der Waals surface area contributed by atoms with Gasteiger partial charge in [0.1, 0.15) is 0 Å².